The monoisotopic (exact) mass is 263 g/mol. The van der Waals surface area contributed by atoms with E-state index in [1.165, 1.54) is 0 Å². The Hall–Kier alpha value is -0.170. The van der Waals surface area contributed by atoms with Crippen molar-refractivity contribution in [1.82, 2.24) is 14.3 Å². The lowest BCUT2D eigenvalue weighted by molar-refractivity contribution is 0.267. The predicted molar refractivity (Wildman–Crippen MR) is 70.1 cm³/mol. The molecule has 1 atom stereocenters. The van der Waals surface area contributed by atoms with Crippen molar-refractivity contribution in [3.05, 3.63) is 0 Å². The van der Waals surface area contributed by atoms with Crippen LogP contribution in [0, 0.1) is 0 Å². The summed E-state index contributed by atoms with van der Waals surface area (Å²) in [5.41, 5.74) is -0.436. The van der Waals surface area contributed by atoms with Crippen LogP contribution in [0.4, 0.5) is 0 Å². The van der Waals surface area contributed by atoms with Crippen LogP contribution in [0.5, 0.6) is 0 Å². The summed E-state index contributed by atoms with van der Waals surface area (Å²) in [6, 6.07) is 0.0774. The molecule has 1 aliphatic heterocycles. The lowest BCUT2D eigenvalue weighted by atomic mass is 10.1. The minimum absolute atomic E-state index is 0.0774. The number of rotatable bonds is 4. The topological polar surface area (TPSA) is 61.4 Å². The third-order valence-corrected chi connectivity index (χ3v) is 4.78. The highest BCUT2D eigenvalue weighted by molar-refractivity contribution is 7.87. The van der Waals surface area contributed by atoms with Gasteiger partial charge in [0.2, 0.25) is 0 Å². The molecule has 5 nitrogen and oxygen atoms in total. The smallest absolute Gasteiger partial charge is 0.280 e. The summed E-state index contributed by atoms with van der Waals surface area (Å²) in [6.07, 6.45) is 1.97. The molecule has 1 saturated heterocycles. The molecule has 2 N–H and O–H groups in total. The number of nitrogens with one attached hydrogen (secondary N) is 2. The lowest BCUT2D eigenvalue weighted by Gasteiger charge is -2.35. The van der Waals surface area contributed by atoms with Gasteiger partial charge >= 0.3 is 0 Å². The molecule has 1 heterocycles. The van der Waals surface area contributed by atoms with Gasteiger partial charge in [0, 0.05) is 24.7 Å². The third-order valence-electron chi connectivity index (χ3n) is 2.73. The van der Waals surface area contributed by atoms with Crippen molar-refractivity contribution in [3.63, 3.8) is 0 Å². The summed E-state index contributed by atoms with van der Waals surface area (Å²) in [4.78, 5) is 0. The molecule has 1 fully saturated rings. The van der Waals surface area contributed by atoms with E-state index < -0.39 is 15.7 Å². The molecule has 0 aliphatic carbocycles. The van der Waals surface area contributed by atoms with Crippen molar-refractivity contribution < 1.29 is 8.42 Å². The summed E-state index contributed by atoms with van der Waals surface area (Å²) in [6.45, 7) is 9.71. The van der Waals surface area contributed by atoms with E-state index in [1.54, 1.807) is 4.31 Å². The Kier molecular flexibility index (Phi) is 4.95. The zero-order valence-corrected chi connectivity index (χ0v) is 12.1. The highest BCUT2D eigenvalue weighted by Gasteiger charge is 2.32. The largest absolute Gasteiger partial charge is 0.315 e. The molecular formula is C11H25N3O2S. The molecule has 6 heteroatoms. The van der Waals surface area contributed by atoms with E-state index in [2.05, 4.69) is 10.0 Å². The Morgan fingerprint density at radius 1 is 1.41 bits per heavy atom. The first-order valence-corrected chi connectivity index (χ1v) is 7.72. The number of piperidine rings is 1. The van der Waals surface area contributed by atoms with Gasteiger partial charge in [0.05, 0.1) is 0 Å². The molecule has 1 rings (SSSR count). The maximum absolute atomic E-state index is 12.3. The Bertz CT molecular complexity index is 329. The van der Waals surface area contributed by atoms with E-state index in [4.69, 9.17) is 0 Å². The molecule has 0 amide bonds. The number of hydrogen-bond donors (Lipinski definition) is 2. The first-order valence-electron chi connectivity index (χ1n) is 6.28. The lowest BCUT2D eigenvalue weighted by Crippen LogP contribution is -2.55. The SMILES string of the molecule is CCN(C1CCCNC1)S(=O)(=O)NC(C)(C)C. The minimum Gasteiger partial charge on any atom is -0.315 e. The second kappa shape index (κ2) is 5.65. The fraction of sp³-hybridized carbons (Fsp3) is 1.00. The van der Waals surface area contributed by atoms with Gasteiger partial charge in [-0.05, 0) is 40.2 Å². The second-order valence-electron chi connectivity index (χ2n) is 5.56. The van der Waals surface area contributed by atoms with Gasteiger partial charge in [-0.2, -0.15) is 17.4 Å². The van der Waals surface area contributed by atoms with Gasteiger partial charge in [-0.15, -0.1) is 0 Å². The summed E-state index contributed by atoms with van der Waals surface area (Å²) < 4.78 is 28.8. The van der Waals surface area contributed by atoms with Crippen LogP contribution in [0.3, 0.4) is 0 Å². The molecule has 0 aromatic carbocycles. The highest BCUT2D eigenvalue weighted by atomic mass is 32.2. The van der Waals surface area contributed by atoms with Crippen molar-refractivity contribution >= 4 is 10.2 Å². The predicted octanol–water partition coefficient (Wildman–Crippen LogP) is 0.693. The van der Waals surface area contributed by atoms with Crippen LogP contribution in [0.1, 0.15) is 40.5 Å². The Balaban J connectivity index is 2.78. The normalized spacial score (nSPS) is 23.0. The molecule has 1 aliphatic rings. The van der Waals surface area contributed by atoms with Crippen LogP contribution in [0.2, 0.25) is 0 Å². The van der Waals surface area contributed by atoms with E-state index in [0.717, 1.165) is 25.9 Å². The molecule has 1 unspecified atom stereocenters. The fourth-order valence-corrected chi connectivity index (χ4v) is 3.95. The molecule has 0 radical (unpaired) electrons. The average molecular weight is 263 g/mol. The van der Waals surface area contributed by atoms with Crippen molar-refractivity contribution in [1.29, 1.82) is 0 Å². The maximum atomic E-state index is 12.3. The summed E-state index contributed by atoms with van der Waals surface area (Å²) in [7, 11) is -3.39. The van der Waals surface area contributed by atoms with Crippen LogP contribution < -0.4 is 10.0 Å². The Morgan fingerprint density at radius 2 is 2.06 bits per heavy atom. The highest BCUT2D eigenvalue weighted by Crippen LogP contribution is 2.15. The molecule has 0 bridgehead atoms. The first-order chi connectivity index (χ1) is 7.76. The molecule has 0 saturated carbocycles. The average Bonchev–Trinajstić information content (AvgIpc) is 2.15. The van der Waals surface area contributed by atoms with Gasteiger partial charge in [-0.25, -0.2) is 0 Å². The number of nitrogens with zero attached hydrogens (tertiary/aromatic N) is 1. The fourth-order valence-electron chi connectivity index (χ4n) is 2.15. The van der Waals surface area contributed by atoms with Gasteiger partial charge in [0.25, 0.3) is 10.2 Å². The van der Waals surface area contributed by atoms with Gasteiger partial charge < -0.3 is 5.32 Å². The van der Waals surface area contributed by atoms with Crippen LogP contribution in [0.15, 0.2) is 0 Å². The summed E-state index contributed by atoms with van der Waals surface area (Å²) in [5, 5.41) is 3.25. The number of hydrogen-bond acceptors (Lipinski definition) is 3. The Labute approximate surface area is 105 Å². The van der Waals surface area contributed by atoms with Crippen LogP contribution in [0.25, 0.3) is 0 Å². The molecule has 102 valence electrons. The van der Waals surface area contributed by atoms with E-state index >= 15 is 0 Å². The zero-order valence-electron chi connectivity index (χ0n) is 11.3. The van der Waals surface area contributed by atoms with Gasteiger partial charge in [-0.1, -0.05) is 6.92 Å². The van der Waals surface area contributed by atoms with Crippen molar-refractivity contribution in [3.8, 4) is 0 Å². The first kappa shape index (κ1) is 14.9. The molecule has 0 aromatic heterocycles. The van der Waals surface area contributed by atoms with E-state index in [0.29, 0.717) is 6.54 Å². The van der Waals surface area contributed by atoms with Crippen molar-refractivity contribution in [2.24, 2.45) is 0 Å². The molecular weight excluding hydrogens is 238 g/mol. The van der Waals surface area contributed by atoms with Crippen LogP contribution in [-0.4, -0.2) is 43.9 Å². The molecule has 0 aromatic rings. The van der Waals surface area contributed by atoms with Crippen LogP contribution in [-0.2, 0) is 10.2 Å². The maximum Gasteiger partial charge on any atom is 0.280 e. The van der Waals surface area contributed by atoms with Gasteiger partial charge in [0.1, 0.15) is 0 Å². The van der Waals surface area contributed by atoms with Crippen LogP contribution >= 0.6 is 0 Å². The van der Waals surface area contributed by atoms with E-state index in [1.807, 2.05) is 27.7 Å². The third kappa shape index (κ3) is 4.54. The van der Waals surface area contributed by atoms with E-state index in [9.17, 15) is 8.42 Å². The van der Waals surface area contributed by atoms with Gasteiger partial charge in [0.15, 0.2) is 0 Å². The minimum atomic E-state index is -3.39. The molecule has 17 heavy (non-hydrogen) atoms. The number of likely N-dealkylation sites (N-methyl/N-ethyl adjacent to an activating group) is 1. The Morgan fingerprint density at radius 3 is 2.47 bits per heavy atom. The van der Waals surface area contributed by atoms with Gasteiger partial charge in [-0.3, -0.25) is 0 Å². The van der Waals surface area contributed by atoms with E-state index in [-0.39, 0.29) is 6.04 Å². The summed E-state index contributed by atoms with van der Waals surface area (Å²) in [5.74, 6) is 0. The van der Waals surface area contributed by atoms with Crippen molar-refractivity contribution in [2.75, 3.05) is 19.6 Å². The summed E-state index contributed by atoms with van der Waals surface area (Å²) >= 11 is 0. The zero-order chi connectivity index (χ0) is 13.1. The second-order valence-corrected chi connectivity index (χ2v) is 7.18. The van der Waals surface area contributed by atoms with Crippen molar-refractivity contribution in [2.45, 2.75) is 52.1 Å². The standard InChI is InChI=1S/C11H25N3O2S/c1-5-14(10-7-6-8-12-9-10)17(15,16)13-11(2,3)4/h10,12-13H,5-9H2,1-4H3. The quantitative estimate of drug-likeness (QED) is 0.784. The molecule has 0 spiro atoms.